The minimum Gasteiger partial charge on any atom is -0.385 e. The van der Waals surface area contributed by atoms with E-state index in [2.05, 4.69) is 80.4 Å². The molecule has 0 spiro atoms. The van der Waals surface area contributed by atoms with Crippen LogP contribution in [0, 0.1) is 7.14 Å². The molecule has 0 atom stereocenters. The summed E-state index contributed by atoms with van der Waals surface area (Å²) in [6, 6.07) is 10.6. The molecule has 0 saturated carbocycles. The topological polar surface area (TPSA) is 12.5 Å². The first-order valence-electron chi connectivity index (χ1n) is 7.38. The predicted molar refractivity (Wildman–Crippen MR) is 117 cm³/mol. The Hall–Kier alpha value is -0.0500. The average molecular weight is 556 g/mol. The van der Waals surface area contributed by atoms with Crippen molar-refractivity contribution in [2.24, 2.45) is 0 Å². The molecule has 0 bridgehead atoms. The van der Waals surface area contributed by atoms with Crippen LogP contribution >= 0.6 is 56.8 Å². The third-order valence-electron chi connectivity index (χ3n) is 3.71. The fourth-order valence-electron chi connectivity index (χ4n) is 2.44. The Balaban J connectivity index is 2.43. The zero-order valence-corrected chi connectivity index (χ0v) is 18.6. The molecule has 0 fully saturated rings. The third kappa shape index (κ3) is 4.74. The van der Waals surface area contributed by atoms with Crippen molar-refractivity contribution in [3.8, 4) is 11.1 Å². The van der Waals surface area contributed by atoms with Crippen molar-refractivity contribution >= 4 is 62.5 Å². The van der Waals surface area contributed by atoms with Gasteiger partial charge in [-0.25, -0.2) is 0 Å². The Morgan fingerprint density at radius 1 is 1.13 bits per heavy atom. The molecule has 0 aliphatic heterocycles. The molecule has 23 heavy (non-hydrogen) atoms. The Morgan fingerprint density at radius 3 is 2.35 bits per heavy atom. The summed E-state index contributed by atoms with van der Waals surface area (Å²) in [7, 11) is 5.84. The Kier molecular flexibility index (Phi) is 7.44. The Bertz CT molecular complexity index is 672. The summed E-state index contributed by atoms with van der Waals surface area (Å²) < 4.78 is 7.65. The molecule has 2 nitrogen and oxygen atoms in total. The van der Waals surface area contributed by atoms with Gasteiger partial charge >= 0.3 is 0 Å². The summed E-state index contributed by atoms with van der Waals surface area (Å²) in [6.07, 6.45) is 2.02. The van der Waals surface area contributed by atoms with E-state index in [1.54, 1.807) is 7.11 Å². The number of methoxy groups -OCH3 is 1. The largest absolute Gasteiger partial charge is 0.385 e. The summed E-state index contributed by atoms with van der Waals surface area (Å²) in [6.45, 7) is 0.779. The maximum atomic E-state index is 6.56. The van der Waals surface area contributed by atoms with Crippen molar-refractivity contribution in [2.75, 3.05) is 32.7 Å². The van der Waals surface area contributed by atoms with Crippen LogP contribution in [0.25, 0.3) is 11.1 Å². The molecule has 0 N–H and O–H groups in total. The van der Waals surface area contributed by atoms with E-state index in [0.717, 1.165) is 35.6 Å². The van der Waals surface area contributed by atoms with E-state index in [0.29, 0.717) is 0 Å². The van der Waals surface area contributed by atoms with Crippen molar-refractivity contribution in [1.82, 2.24) is 0 Å². The van der Waals surface area contributed by atoms with Gasteiger partial charge in [0.1, 0.15) is 0 Å². The zero-order chi connectivity index (χ0) is 17.0. The number of anilines is 1. The van der Waals surface area contributed by atoms with E-state index in [9.17, 15) is 0 Å². The fourth-order valence-corrected chi connectivity index (χ4v) is 5.63. The number of rotatable bonds is 6. The first-order chi connectivity index (χ1) is 11.0. The lowest BCUT2D eigenvalue weighted by molar-refractivity contribution is 0.195. The lowest BCUT2D eigenvalue weighted by atomic mass is 10.0. The molecule has 0 amide bonds. The second-order valence-corrected chi connectivity index (χ2v) is 8.19. The van der Waals surface area contributed by atoms with Crippen molar-refractivity contribution in [2.45, 2.75) is 12.8 Å². The molecule has 124 valence electrons. The van der Waals surface area contributed by atoms with E-state index < -0.39 is 0 Å². The van der Waals surface area contributed by atoms with Crippen LogP contribution in [0.2, 0.25) is 5.02 Å². The van der Waals surface area contributed by atoms with Crippen LogP contribution in [-0.2, 0) is 11.2 Å². The second-order valence-electron chi connectivity index (χ2n) is 5.55. The van der Waals surface area contributed by atoms with Crippen LogP contribution < -0.4 is 4.90 Å². The number of hydrogen-bond donors (Lipinski definition) is 0. The molecule has 5 heteroatoms. The van der Waals surface area contributed by atoms with Crippen molar-refractivity contribution in [1.29, 1.82) is 0 Å². The van der Waals surface area contributed by atoms with Gasteiger partial charge in [0.15, 0.2) is 0 Å². The molecule has 0 heterocycles. The van der Waals surface area contributed by atoms with Crippen LogP contribution in [0.4, 0.5) is 5.69 Å². The van der Waals surface area contributed by atoms with Crippen molar-refractivity contribution in [3.05, 3.63) is 48.1 Å². The molecule has 0 unspecified atom stereocenters. The lowest BCUT2D eigenvalue weighted by Crippen LogP contribution is -2.08. The first-order valence-corrected chi connectivity index (χ1v) is 9.92. The van der Waals surface area contributed by atoms with Gasteiger partial charge in [0.2, 0.25) is 0 Å². The standard InChI is InChI=1S/C18H20ClI2NO/c1-22(2)13-8-6-12(7-9-13)17-15(19)11-16(20)14(18(17)21)5-4-10-23-3/h6-9,11H,4-5,10H2,1-3H3. The number of ether oxygens (including phenoxy) is 1. The zero-order valence-electron chi connectivity index (χ0n) is 13.5. The average Bonchev–Trinajstić information content (AvgIpc) is 2.51. The molecule has 0 saturated heterocycles. The number of benzene rings is 2. The molecule has 0 aromatic heterocycles. The minimum atomic E-state index is 0.779. The quantitative estimate of drug-likeness (QED) is 0.327. The van der Waals surface area contributed by atoms with Crippen LogP contribution in [0.3, 0.4) is 0 Å². The third-order valence-corrected chi connectivity index (χ3v) is 6.16. The van der Waals surface area contributed by atoms with Crippen molar-refractivity contribution in [3.63, 3.8) is 0 Å². The molecule has 0 aliphatic carbocycles. The highest BCUT2D eigenvalue weighted by Crippen LogP contribution is 2.38. The first kappa shape index (κ1) is 19.3. The molecular formula is C18H20ClI2NO. The number of hydrogen-bond acceptors (Lipinski definition) is 2. The molecule has 0 aliphatic rings. The molecule has 0 radical (unpaired) electrons. The molecule has 2 aromatic rings. The normalized spacial score (nSPS) is 10.9. The van der Waals surface area contributed by atoms with Gasteiger partial charge in [-0.3, -0.25) is 0 Å². The second kappa shape index (κ2) is 8.87. The highest BCUT2D eigenvalue weighted by atomic mass is 127. The van der Waals surface area contributed by atoms with Crippen molar-refractivity contribution < 1.29 is 4.74 Å². The van der Waals surface area contributed by atoms with Gasteiger partial charge in [-0.1, -0.05) is 23.7 Å². The Morgan fingerprint density at radius 2 is 1.78 bits per heavy atom. The highest BCUT2D eigenvalue weighted by Gasteiger charge is 2.15. The maximum absolute atomic E-state index is 6.56. The summed E-state index contributed by atoms with van der Waals surface area (Å²) >= 11 is 11.4. The van der Waals surface area contributed by atoms with Gasteiger partial charge < -0.3 is 9.64 Å². The van der Waals surface area contributed by atoms with Gasteiger partial charge in [0.05, 0.1) is 5.02 Å². The van der Waals surface area contributed by atoms with Gasteiger partial charge in [-0.05, 0) is 87.3 Å². The maximum Gasteiger partial charge on any atom is 0.0505 e. The van der Waals surface area contributed by atoms with E-state index in [4.69, 9.17) is 16.3 Å². The highest BCUT2D eigenvalue weighted by molar-refractivity contribution is 14.1. The van der Waals surface area contributed by atoms with Crippen LogP contribution in [0.15, 0.2) is 30.3 Å². The van der Waals surface area contributed by atoms with E-state index in [1.807, 2.05) is 14.1 Å². The summed E-state index contributed by atoms with van der Waals surface area (Å²) in [5, 5.41) is 0.812. The molecule has 2 rings (SSSR count). The van der Waals surface area contributed by atoms with Crippen LogP contribution in [0.1, 0.15) is 12.0 Å². The monoisotopic (exact) mass is 555 g/mol. The van der Waals surface area contributed by atoms with Crippen LogP contribution in [-0.4, -0.2) is 27.8 Å². The van der Waals surface area contributed by atoms with E-state index in [-0.39, 0.29) is 0 Å². The van der Waals surface area contributed by atoms with Gasteiger partial charge in [-0.2, -0.15) is 0 Å². The molecule has 2 aromatic carbocycles. The molecular weight excluding hydrogens is 535 g/mol. The minimum absolute atomic E-state index is 0.779. The predicted octanol–water partition coefficient (Wildman–Crippen LogP) is 5.86. The van der Waals surface area contributed by atoms with Crippen LogP contribution in [0.5, 0.6) is 0 Å². The van der Waals surface area contributed by atoms with Gasteiger partial charge in [0, 0.05) is 46.2 Å². The smallest absolute Gasteiger partial charge is 0.0505 e. The van der Waals surface area contributed by atoms with E-state index in [1.165, 1.54) is 18.4 Å². The summed E-state index contributed by atoms with van der Waals surface area (Å²) in [4.78, 5) is 2.10. The van der Waals surface area contributed by atoms with Gasteiger partial charge in [0.25, 0.3) is 0 Å². The Labute approximate surface area is 170 Å². The summed E-state index contributed by atoms with van der Waals surface area (Å²) in [5.41, 5.74) is 4.84. The fraction of sp³-hybridized carbons (Fsp3) is 0.333. The SMILES string of the molecule is COCCCc1c(I)cc(Cl)c(-c2ccc(N(C)C)cc2)c1I. The van der Waals surface area contributed by atoms with Gasteiger partial charge in [-0.15, -0.1) is 0 Å². The van der Waals surface area contributed by atoms with E-state index >= 15 is 0 Å². The summed E-state index contributed by atoms with van der Waals surface area (Å²) in [5.74, 6) is 0. The lowest BCUT2D eigenvalue weighted by Gasteiger charge is -2.16. The number of nitrogens with zero attached hydrogens (tertiary/aromatic N) is 1. The number of halogens is 3.